The van der Waals surface area contributed by atoms with Gasteiger partial charge in [-0.05, 0) is 37.3 Å². The van der Waals surface area contributed by atoms with Gasteiger partial charge in [-0.25, -0.2) is 15.0 Å². The Labute approximate surface area is 160 Å². The molecule has 7 nitrogen and oxygen atoms in total. The number of aliphatic imine (C=N–C) groups is 2. The van der Waals surface area contributed by atoms with E-state index in [0.29, 0.717) is 25.1 Å². The molecule has 0 amide bonds. The van der Waals surface area contributed by atoms with Crippen molar-refractivity contribution in [2.45, 2.75) is 44.2 Å². The third-order valence-electron chi connectivity index (χ3n) is 5.38. The van der Waals surface area contributed by atoms with Crippen LogP contribution in [0.25, 0.3) is 0 Å². The van der Waals surface area contributed by atoms with Gasteiger partial charge >= 0.3 is 6.18 Å². The first-order valence-electron chi connectivity index (χ1n) is 9.39. The van der Waals surface area contributed by atoms with E-state index in [4.69, 9.17) is 10.5 Å². The molecule has 3 atom stereocenters. The number of nitrogens with zero attached hydrogens (tertiary/aromatic N) is 3. The Kier molecular flexibility index (Phi) is 4.78. The molecule has 1 aromatic rings. The van der Waals surface area contributed by atoms with E-state index in [9.17, 15) is 13.2 Å². The van der Waals surface area contributed by atoms with E-state index >= 15 is 0 Å². The summed E-state index contributed by atoms with van der Waals surface area (Å²) in [6.07, 6.45) is -1.64. The molecule has 28 heavy (non-hydrogen) atoms. The van der Waals surface area contributed by atoms with Gasteiger partial charge in [0.25, 0.3) is 0 Å². The summed E-state index contributed by atoms with van der Waals surface area (Å²) >= 11 is 0. The van der Waals surface area contributed by atoms with E-state index in [-0.39, 0.29) is 23.5 Å². The molecule has 152 valence electrons. The smallest absolute Gasteiger partial charge is 0.379 e. The van der Waals surface area contributed by atoms with Gasteiger partial charge in [0, 0.05) is 12.5 Å². The van der Waals surface area contributed by atoms with E-state index < -0.39 is 17.7 Å². The molecule has 0 radical (unpaired) electrons. The highest BCUT2D eigenvalue weighted by molar-refractivity contribution is 6.09. The second kappa shape index (κ2) is 7.00. The minimum absolute atomic E-state index is 0.0135. The lowest BCUT2D eigenvalue weighted by molar-refractivity contribution is -0.141. The van der Waals surface area contributed by atoms with Crippen LogP contribution in [0.4, 0.5) is 13.2 Å². The van der Waals surface area contributed by atoms with Crippen LogP contribution in [0.1, 0.15) is 37.6 Å². The molecule has 4 N–H and O–H groups in total. The molecule has 1 aromatic heterocycles. The van der Waals surface area contributed by atoms with E-state index in [1.165, 1.54) is 12.1 Å². The minimum atomic E-state index is -4.54. The van der Waals surface area contributed by atoms with Crippen LogP contribution in [-0.2, 0) is 10.9 Å². The number of amidine groups is 1. The largest absolute Gasteiger partial charge is 0.433 e. The molecule has 2 aliphatic heterocycles. The Hall–Kier alpha value is -2.20. The summed E-state index contributed by atoms with van der Waals surface area (Å²) in [7, 11) is 0. The van der Waals surface area contributed by atoms with E-state index in [0.717, 1.165) is 25.3 Å². The number of alkyl halides is 3. The minimum Gasteiger partial charge on any atom is -0.379 e. The Morgan fingerprint density at radius 3 is 2.75 bits per heavy atom. The second-order valence-corrected chi connectivity index (χ2v) is 7.56. The summed E-state index contributed by atoms with van der Waals surface area (Å²) in [5.41, 5.74) is 5.65. The first-order chi connectivity index (χ1) is 13.2. The quantitative estimate of drug-likeness (QED) is 0.722. The molecule has 1 saturated heterocycles. The summed E-state index contributed by atoms with van der Waals surface area (Å²) in [5, 5.41) is 6.11. The van der Waals surface area contributed by atoms with E-state index in [2.05, 4.69) is 25.6 Å². The molecule has 10 heteroatoms. The van der Waals surface area contributed by atoms with Crippen LogP contribution >= 0.6 is 0 Å². The Morgan fingerprint density at radius 1 is 1.32 bits per heavy atom. The van der Waals surface area contributed by atoms with Crippen LogP contribution in [0, 0.1) is 11.8 Å². The maximum Gasteiger partial charge on any atom is 0.433 e. The molecular formula is C18H23F3N6O. The zero-order valence-corrected chi connectivity index (χ0v) is 15.5. The average Bonchev–Trinajstić information content (AvgIpc) is 3.37. The van der Waals surface area contributed by atoms with Gasteiger partial charge in [-0.3, -0.25) is 5.73 Å². The number of nitrogens with two attached hydrogens (primary N) is 1. The van der Waals surface area contributed by atoms with Crippen LogP contribution in [0.15, 0.2) is 28.2 Å². The average molecular weight is 396 g/mol. The standard InChI is InChI=1S/C18H23F3N6O/c1-10(11-5-6-11)18(22)26-15(13-3-2-4-14(24-13)17(19,20)21)25-16(27-18)23-12-7-8-28-9-12/h2-4,10-12H,5-9,22H2,1H3,(H2,23,25,26,27)/t10-,12?,18?/m1/s1. The molecule has 4 rings (SSSR count). The van der Waals surface area contributed by atoms with Crippen molar-refractivity contribution < 1.29 is 17.9 Å². The second-order valence-electron chi connectivity index (χ2n) is 7.56. The Balaban J connectivity index is 1.70. The predicted molar refractivity (Wildman–Crippen MR) is 97.5 cm³/mol. The number of hydrogen-bond donors (Lipinski definition) is 3. The van der Waals surface area contributed by atoms with Gasteiger partial charge < -0.3 is 15.4 Å². The fourth-order valence-electron chi connectivity index (χ4n) is 3.46. The number of rotatable bonds is 4. The van der Waals surface area contributed by atoms with Crippen molar-refractivity contribution in [3.05, 3.63) is 29.6 Å². The number of aromatic nitrogens is 1. The number of guanidine groups is 1. The van der Waals surface area contributed by atoms with Crippen molar-refractivity contribution in [2.75, 3.05) is 13.2 Å². The highest BCUT2D eigenvalue weighted by Gasteiger charge is 2.45. The van der Waals surface area contributed by atoms with Crippen molar-refractivity contribution >= 4 is 11.8 Å². The predicted octanol–water partition coefficient (Wildman–Crippen LogP) is 1.84. The number of halogens is 3. The number of pyridine rings is 1. The number of ether oxygens (including phenoxy) is 1. The number of hydrogen-bond acceptors (Lipinski definition) is 5. The lowest BCUT2D eigenvalue weighted by atomic mass is 9.97. The molecule has 3 heterocycles. The van der Waals surface area contributed by atoms with Gasteiger partial charge in [-0.2, -0.15) is 13.2 Å². The van der Waals surface area contributed by atoms with Crippen molar-refractivity contribution in [2.24, 2.45) is 27.6 Å². The maximum absolute atomic E-state index is 13.1. The number of nitrogens with one attached hydrogen (secondary N) is 2. The normalized spacial score (nSPS) is 30.5. The van der Waals surface area contributed by atoms with Gasteiger partial charge in [0.2, 0.25) is 0 Å². The summed E-state index contributed by atoms with van der Waals surface area (Å²) in [4.78, 5) is 12.9. The lowest BCUT2D eigenvalue weighted by Gasteiger charge is -2.38. The van der Waals surface area contributed by atoms with E-state index in [1.54, 1.807) is 0 Å². The van der Waals surface area contributed by atoms with Gasteiger partial charge in [0.1, 0.15) is 11.4 Å². The highest BCUT2D eigenvalue weighted by Crippen LogP contribution is 2.41. The molecule has 0 spiro atoms. The Morgan fingerprint density at radius 2 is 2.11 bits per heavy atom. The SMILES string of the molecule is C[C@H](C1CC1)C1(N)N=C(c2cccc(C(F)(F)F)n2)NC(=NC2CCOC2)N1. The highest BCUT2D eigenvalue weighted by atomic mass is 19.4. The van der Waals surface area contributed by atoms with Gasteiger partial charge in [0.05, 0.1) is 12.6 Å². The molecule has 0 aromatic carbocycles. The fourth-order valence-corrected chi connectivity index (χ4v) is 3.46. The summed E-state index contributed by atoms with van der Waals surface area (Å²) in [6, 6.07) is 3.68. The first kappa shape index (κ1) is 19.1. The topological polar surface area (TPSA) is 96.9 Å². The molecule has 1 saturated carbocycles. The first-order valence-corrected chi connectivity index (χ1v) is 9.39. The van der Waals surface area contributed by atoms with Crippen LogP contribution in [0.5, 0.6) is 0 Å². The zero-order valence-electron chi connectivity index (χ0n) is 15.5. The Bertz CT molecular complexity index is 801. The molecule has 1 aliphatic carbocycles. The van der Waals surface area contributed by atoms with Crippen molar-refractivity contribution in [3.8, 4) is 0 Å². The van der Waals surface area contributed by atoms with Gasteiger partial charge in [-0.15, -0.1) is 0 Å². The van der Waals surface area contributed by atoms with Crippen LogP contribution < -0.4 is 16.4 Å². The zero-order chi connectivity index (χ0) is 19.9. The molecular weight excluding hydrogens is 373 g/mol. The van der Waals surface area contributed by atoms with Gasteiger partial charge in [-0.1, -0.05) is 13.0 Å². The monoisotopic (exact) mass is 396 g/mol. The fraction of sp³-hybridized carbons (Fsp3) is 0.611. The summed E-state index contributed by atoms with van der Waals surface area (Å²) < 4.78 is 44.6. The summed E-state index contributed by atoms with van der Waals surface area (Å²) in [5.74, 6) is -0.200. The van der Waals surface area contributed by atoms with Crippen molar-refractivity contribution in [1.82, 2.24) is 15.6 Å². The third kappa shape index (κ3) is 3.97. The lowest BCUT2D eigenvalue weighted by Crippen LogP contribution is -2.67. The molecule has 2 fully saturated rings. The van der Waals surface area contributed by atoms with Crippen LogP contribution in [0.2, 0.25) is 0 Å². The van der Waals surface area contributed by atoms with Crippen LogP contribution in [0.3, 0.4) is 0 Å². The van der Waals surface area contributed by atoms with Gasteiger partial charge in [0.15, 0.2) is 17.6 Å². The maximum atomic E-state index is 13.1. The van der Waals surface area contributed by atoms with E-state index in [1.807, 2.05) is 6.92 Å². The third-order valence-corrected chi connectivity index (χ3v) is 5.38. The molecule has 2 unspecified atom stereocenters. The summed E-state index contributed by atoms with van der Waals surface area (Å²) in [6.45, 7) is 3.12. The van der Waals surface area contributed by atoms with Crippen molar-refractivity contribution in [3.63, 3.8) is 0 Å². The molecule has 0 bridgehead atoms. The molecule has 3 aliphatic rings. The van der Waals surface area contributed by atoms with Crippen LogP contribution in [-0.4, -0.2) is 41.8 Å². The van der Waals surface area contributed by atoms with Crippen molar-refractivity contribution in [1.29, 1.82) is 0 Å².